The lowest BCUT2D eigenvalue weighted by molar-refractivity contribution is 0.268. The molecule has 0 amide bonds. The number of methoxy groups -OCH3 is 1. The standard InChI is InChI=1S/C20H25N3O4S2/c1-3-27-19-7-5-4-6-18(19)21-20(28)22-12-14-23(15-13-22)29(24,25)17-10-8-16(26-2)9-11-17/h4-11H,3,12-15H2,1-2H3,(H,21,28). The largest absolute Gasteiger partial charge is 0.497 e. The second kappa shape index (κ2) is 9.43. The Bertz CT molecular complexity index is 940. The van der Waals surface area contributed by atoms with Crippen LogP contribution in [0.15, 0.2) is 53.4 Å². The molecule has 29 heavy (non-hydrogen) atoms. The highest BCUT2D eigenvalue weighted by molar-refractivity contribution is 7.89. The molecule has 0 radical (unpaired) electrons. The molecule has 0 bridgehead atoms. The van der Waals surface area contributed by atoms with Gasteiger partial charge in [-0.1, -0.05) is 12.1 Å². The highest BCUT2D eigenvalue weighted by Gasteiger charge is 2.29. The van der Waals surface area contributed by atoms with Crippen LogP contribution >= 0.6 is 12.2 Å². The third-order valence-electron chi connectivity index (χ3n) is 4.65. The minimum atomic E-state index is -3.54. The van der Waals surface area contributed by atoms with Gasteiger partial charge in [-0.25, -0.2) is 8.42 Å². The van der Waals surface area contributed by atoms with E-state index in [1.54, 1.807) is 31.4 Å². The summed E-state index contributed by atoms with van der Waals surface area (Å²) in [6.45, 7) is 4.24. The second-order valence-corrected chi connectivity index (χ2v) is 8.75. The molecule has 0 atom stereocenters. The molecular weight excluding hydrogens is 410 g/mol. The Morgan fingerprint density at radius 1 is 1.07 bits per heavy atom. The summed E-state index contributed by atoms with van der Waals surface area (Å²) >= 11 is 5.53. The highest BCUT2D eigenvalue weighted by Crippen LogP contribution is 2.25. The minimum Gasteiger partial charge on any atom is -0.497 e. The van der Waals surface area contributed by atoms with Crippen molar-refractivity contribution < 1.29 is 17.9 Å². The van der Waals surface area contributed by atoms with Crippen LogP contribution in [0.3, 0.4) is 0 Å². The van der Waals surface area contributed by atoms with Gasteiger partial charge in [-0.3, -0.25) is 0 Å². The molecule has 156 valence electrons. The van der Waals surface area contributed by atoms with Gasteiger partial charge in [0.25, 0.3) is 0 Å². The Balaban J connectivity index is 1.61. The van der Waals surface area contributed by atoms with E-state index in [0.717, 1.165) is 11.4 Å². The third kappa shape index (κ3) is 4.98. The second-order valence-electron chi connectivity index (χ2n) is 6.43. The molecule has 2 aromatic rings. The molecule has 1 N–H and O–H groups in total. The van der Waals surface area contributed by atoms with E-state index in [-0.39, 0.29) is 4.90 Å². The van der Waals surface area contributed by atoms with Crippen LogP contribution in [0.1, 0.15) is 6.92 Å². The van der Waals surface area contributed by atoms with Gasteiger partial charge in [0, 0.05) is 26.2 Å². The number of anilines is 1. The number of nitrogens with one attached hydrogen (secondary N) is 1. The average Bonchev–Trinajstić information content (AvgIpc) is 2.75. The summed E-state index contributed by atoms with van der Waals surface area (Å²) in [4.78, 5) is 2.23. The van der Waals surface area contributed by atoms with Crippen molar-refractivity contribution in [3.8, 4) is 11.5 Å². The molecule has 1 heterocycles. The fourth-order valence-electron chi connectivity index (χ4n) is 3.07. The van der Waals surface area contributed by atoms with Crippen LogP contribution in [-0.4, -0.2) is 62.6 Å². The number of benzene rings is 2. The van der Waals surface area contributed by atoms with Crippen LogP contribution in [0.4, 0.5) is 5.69 Å². The molecule has 3 rings (SSSR count). The molecule has 1 fully saturated rings. The number of thiocarbonyl (C=S) groups is 1. The smallest absolute Gasteiger partial charge is 0.243 e. The molecule has 0 spiro atoms. The first kappa shape index (κ1) is 21.4. The number of hydrogen-bond donors (Lipinski definition) is 1. The van der Waals surface area contributed by atoms with Crippen LogP contribution in [0.25, 0.3) is 0 Å². The monoisotopic (exact) mass is 435 g/mol. The quantitative estimate of drug-likeness (QED) is 0.700. The zero-order valence-electron chi connectivity index (χ0n) is 16.5. The Morgan fingerprint density at radius 2 is 1.72 bits per heavy atom. The van der Waals surface area contributed by atoms with Crippen molar-refractivity contribution in [2.45, 2.75) is 11.8 Å². The fourth-order valence-corrected chi connectivity index (χ4v) is 4.79. The molecule has 0 saturated carbocycles. The predicted octanol–water partition coefficient (Wildman–Crippen LogP) is 2.80. The summed E-state index contributed by atoms with van der Waals surface area (Å²) in [5.74, 6) is 1.36. The van der Waals surface area contributed by atoms with E-state index in [2.05, 4.69) is 5.32 Å². The van der Waals surface area contributed by atoms with Crippen LogP contribution < -0.4 is 14.8 Å². The van der Waals surface area contributed by atoms with Gasteiger partial charge in [0.2, 0.25) is 10.0 Å². The van der Waals surface area contributed by atoms with Crippen molar-refractivity contribution in [2.24, 2.45) is 0 Å². The van der Waals surface area contributed by atoms with Gasteiger partial charge < -0.3 is 19.7 Å². The summed E-state index contributed by atoms with van der Waals surface area (Å²) in [7, 11) is -1.99. The molecule has 0 aliphatic carbocycles. The number of para-hydroxylation sites is 2. The topological polar surface area (TPSA) is 71.1 Å². The molecule has 1 saturated heterocycles. The molecule has 7 nitrogen and oxygen atoms in total. The van der Waals surface area contributed by atoms with E-state index >= 15 is 0 Å². The van der Waals surface area contributed by atoms with E-state index in [9.17, 15) is 8.42 Å². The van der Waals surface area contributed by atoms with Gasteiger partial charge in [-0.05, 0) is 55.5 Å². The van der Waals surface area contributed by atoms with Crippen molar-refractivity contribution in [3.05, 3.63) is 48.5 Å². The van der Waals surface area contributed by atoms with Crippen LogP contribution in [0.5, 0.6) is 11.5 Å². The van der Waals surface area contributed by atoms with Crippen molar-refractivity contribution >= 4 is 33.0 Å². The number of nitrogens with zero attached hydrogens (tertiary/aromatic N) is 2. The normalized spacial score (nSPS) is 15.0. The summed E-state index contributed by atoms with van der Waals surface area (Å²) in [6, 6.07) is 14.0. The number of hydrogen-bond acceptors (Lipinski definition) is 5. The average molecular weight is 436 g/mol. The number of piperazine rings is 1. The molecule has 0 unspecified atom stereocenters. The number of ether oxygens (including phenoxy) is 2. The minimum absolute atomic E-state index is 0.262. The van der Waals surface area contributed by atoms with E-state index in [0.29, 0.717) is 43.6 Å². The van der Waals surface area contributed by atoms with Crippen LogP contribution in [-0.2, 0) is 10.0 Å². The zero-order valence-corrected chi connectivity index (χ0v) is 18.1. The van der Waals surface area contributed by atoms with Crippen LogP contribution in [0.2, 0.25) is 0 Å². The first-order valence-corrected chi connectivity index (χ1v) is 11.2. The highest BCUT2D eigenvalue weighted by atomic mass is 32.2. The number of rotatable bonds is 6. The Morgan fingerprint density at radius 3 is 2.34 bits per heavy atom. The maximum atomic E-state index is 12.9. The van der Waals surface area contributed by atoms with Crippen molar-refractivity contribution in [1.29, 1.82) is 0 Å². The Labute approximate surface area is 177 Å². The van der Waals surface area contributed by atoms with Crippen molar-refractivity contribution in [3.63, 3.8) is 0 Å². The predicted molar refractivity (Wildman–Crippen MR) is 117 cm³/mol. The number of sulfonamides is 1. The first-order valence-electron chi connectivity index (χ1n) is 9.37. The maximum Gasteiger partial charge on any atom is 0.243 e. The SMILES string of the molecule is CCOc1ccccc1NC(=S)N1CCN(S(=O)(=O)c2ccc(OC)cc2)CC1. The van der Waals surface area contributed by atoms with E-state index in [1.807, 2.05) is 36.1 Å². The lowest BCUT2D eigenvalue weighted by Crippen LogP contribution is -2.51. The van der Waals surface area contributed by atoms with E-state index < -0.39 is 10.0 Å². The Hall–Kier alpha value is -2.36. The third-order valence-corrected chi connectivity index (χ3v) is 6.92. The van der Waals surface area contributed by atoms with Crippen LogP contribution in [0, 0.1) is 0 Å². The molecule has 9 heteroatoms. The van der Waals surface area contributed by atoms with E-state index in [4.69, 9.17) is 21.7 Å². The van der Waals surface area contributed by atoms with Gasteiger partial charge >= 0.3 is 0 Å². The maximum absolute atomic E-state index is 12.9. The fraction of sp³-hybridized carbons (Fsp3) is 0.350. The molecule has 0 aromatic heterocycles. The molecule has 1 aliphatic heterocycles. The lowest BCUT2D eigenvalue weighted by atomic mass is 10.3. The summed E-state index contributed by atoms with van der Waals surface area (Å²) < 4.78 is 37.9. The van der Waals surface area contributed by atoms with Crippen molar-refractivity contribution in [2.75, 3.05) is 45.2 Å². The molecule has 2 aromatic carbocycles. The van der Waals surface area contributed by atoms with Gasteiger partial charge in [-0.15, -0.1) is 0 Å². The van der Waals surface area contributed by atoms with Gasteiger partial charge in [0.1, 0.15) is 11.5 Å². The Kier molecular flexibility index (Phi) is 6.94. The van der Waals surface area contributed by atoms with E-state index in [1.165, 1.54) is 4.31 Å². The molecule has 1 aliphatic rings. The zero-order chi connectivity index (χ0) is 20.9. The lowest BCUT2D eigenvalue weighted by Gasteiger charge is -2.35. The van der Waals surface area contributed by atoms with Crippen molar-refractivity contribution in [1.82, 2.24) is 9.21 Å². The van der Waals surface area contributed by atoms with Gasteiger partial charge in [-0.2, -0.15) is 4.31 Å². The summed E-state index contributed by atoms with van der Waals surface area (Å²) in [5, 5.41) is 3.77. The van der Waals surface area contributed by atoms with Gasteiger partial charge in [0.15, 0.2) is 5.11 Å². The summed E-state index contributed by atoms with van der Waals surface area (Å²) in [5.41, 5.74) is 0.799. The first-order chi connectivity index (χ1) is 14.0. The summed E-state index contributed by atoms with van der Waals surface area (Å²) in [6.07, 6.45) is 0. The molecular formula is C20H25N3O4S2. The van der Waals surface area contributed by atoms with Gasteiger partial charge in [0.05, 0.1) is 24.3 Å².